The Hall–Kier alpha value is -7.00. The Morgan fingerprint density at radius 2 is 1.38 bits per heavy atom. The summed E-state index contributed by atoms with van der Waals surface area (Å²) in [6.07, 6.45) is 4.19. The first-order chi connectivity index (χ1) is 31.7. The monoisotopic (exact) mass is 876 g/mol. The number of aryl methyl sites for hydroxylation is 2. The second-order valence-electron chi connectivity index (χ2n) is 17.5. The number of rotatable bonds is 10. The van der Waals surface area contributed by atoms with Crippen LogP contribution < -0.4 is 10.6 Å². The topological polar surface area (TPSA) is 195 Å². The summed E-state index contributed by atoms with van der Waals surface area (Å²) < 4.78 is 10.4. The summed E-state index contributed by atoms with van der Waals surface area (Å²) in [5.41, 5.74) is 11.0. The number of alkyl carbamates (subject to hydrolysis) is 1. The summed E-state index contributed by atoms with van der Waals surface area (Å²) in [5.74, 6) is 0.972. The van der Waals surface area contributed by atoms with Gasteiger partial charge in [-0.05, 0) is 103 Å². The van der Waals surface area contributed by atoms with E-state index < -0.39 is 24.3 Å². The number of nitrogens with one attached hydrogen (secondary N) is 4. The number of carboxylic acid groups (broad SMARTS) is 1. The molecule has 0 unspecified atom stereocenters. The quantitative estimate of drug-likeness (QED) is 0.0910. The molecule has 0 radical (unpaired) electrons. The van der Waals surface area contributed by atoms with E-state index in [2.05, 4.69) is 75.2 Å². The van der Waals surface area contributed by atoms with Gasteiger partial charge in [-0.1, -0.05) is 78.9 Å². The Labute approximate surface area is 375 Å². The molecule has 0 saturated carbocycles. The van der Waals surface area contributed by atoms with Gasteiger partial charge in [-0.2, -0.15) is 0 Å². The molecule has 5 heterocycles. The van der Waals surface area contributed by atoms with E-state index in [1.165, 1.54) is 12.7 Å². The van der Waals surface area contributed by atoms with Crippen LogP contribution in [0.25, 0.3) is 44.5 Å². The third-order valence-electron chi connectivity index (χ3n) is 13.7. The average molecular weight is 877 g/mol. The molecular weight excluding hydrogens is 825 g/mol. The molecule has 1 aliphatic carbocycles. The minimum atomic E-state index is -1.20. The maximum Gasteiger partial charge on any atom is 0.407 e. The molecule has 0 spiro atoms. The van der Waals surface area contributed by atoms with E-state index in [0.29, 0.717) is 50.5 Å². The number of carbonyl (C=O) groups excluding carboxylic acids is 3. The van der Waals surface area contributed by atoms with Crippen LogP contribution in [0.1, 0.15) is 85.1 Å². The molecule has 4 aliphatic rings. The minimum absolute atomic E-state index is 0.112. The van der Waals surface area contributed by atoms with E-state index in [0.717, 1.165) is 94.6 Å². The first-order valence-electron chi connectivity index (χ1n) is 22.6. The Morgan fingerprint density at radius 1 is 0.738 bits per heavy atom. The summed E-state index contributed by atoms with van der Waals surface area (Å²) >= 11 is 0. The number of imidazole rings is 2. The number of methoxy groups -OCH3 is 1. The van der Waals surface area contributed by atoms with Gasteiger partial charge in [0.1, 0.15) is 23.7 Å². The molecule has 334 valence electrons. The van der Waals surface area contributed by atoms with Gasteiger partial charge < -0.3 is 45.0 Å². The molecule has 6 aromatic rings. The number of aromatic nitrogens is 4. The SMILES string of the molecule is COC(=O)N[C@@H](C(=O)N1CCC[C@H]1c1nc2c([nH]1)-c1ccc(-c3ccc(-c4ccc5nc([C@@H]6CCCN6C(=O)[C@@H](NC(=O)O)C6CCOCC6)[nH]c5c4)cc3)cc1CC2)c1ccccc1. The lowest BCUT2D eigenvalue weighted by atomic mass is 9.89. The number of amides is 4. The van der Waals surface area contributed by atoms with Gasteiger partial charge in [0.15, 0.2) is 0 Å². The Kier molecular flexibility index (Phi) is 11.5. The van der Waals surface area contributed by atoms with Crippen molar-refractivity contribution in [3.05, 3.63) is 119 Å². The average Bonchev–Trinajstić information content (AvgIpc) is 4.18. The molecule has 4 aromatic carbocycles. The largest absolute Gasteiger partial charge is 0.465 e. The number of benzene rings is 4. The molecule has 65 heavy (non-hydrogen) atoms. The van der Waals surface area contributed by atoms with Gasteiger partial charge in [-0.15, -0.1) is 0 Å². The van der Waals surface area contributed by atoms with Crippen LogP contribution in [0.15, 0.2) is 91.0 Å². The maximum atomic E-state index is 14.1. The molecule has 0 bridgehead atoms. The Morgan fingerprint density at radius 3 is 2.08 bits per heavy atom. The van der Waals surface area contributed by atoms with Gasteiger partial charge in [0, 0.05) is 31.9 Å². The number of aromatic amines is 2. The van der Waals surface area contributed by atoms with Crippen molar-refractivity contribution in [3.63, 3.8) is 0 Å². The number of ether oxygens (including phenoxy) is 2. The predicted molar refractivity (Wildman–Crippen MR) is 243 cm³/mol. The van der Waals surface area contributed by atoms with Crippen LogP contribution in [0, 0.1) is 5.92 Å². The first kappa shape index (κ1) is 42.0. The fourth-order valence-electron chi connectivity index (χ4n) is 10.3. The molecule has 3 fully saturated rings. The molecule has 15 nitrogen and oxygen atoms in total. The summed E-state index contributed by atoms with van der Waals surface area (Å²) in [7, 11) is 1.29. The lowest BCUT2D eigenvalue weighted by Crippen LogP contribution is -2.52. The highest BCUT2D eigenvalue weighted by Crippen LogP contribution is 2.40. The summed E-state index contributed by atoms with van der Waals surface area (Å²) in [6, 6.07) is 28.3. The fraction of sp³-hybridized carbons (Fsp3) is 0.360. The highest BCUT2D eigenvalue weighted by Gasteiger charge is 2.41. The van der Waals surface area contributed by atoms with Gasteiger partial charge in [0.25, 0.3) is 5.91 Å². The van der Waals surface area contributed by atoms with E-state index >= 15 is 0 Å². The molecular formula is C50H52N8O7. The van der Waals surface area contributed by atoms with Crippen molar-refractivity contribution in [2.24, 2.45) is 5.92 Å². The van der Waals surface area contributed by atoms with Crippen molar-refractivity contribution in [1.82, 2.24) is 40.4 Å². The van der Waals surface area contributed by atoms with Crippen molar-refractivity contribution in [2.45, 2.75) is 75.5 Å². The highest BCUT2D eigenvalue weighted by molar-refractivity contribution is 5.88. The van der Waals surface area contributed by atoms with Crippen molar-refractivity contribution in [3.8, 4) is 33.5 Å². The third-order valence-corrected chi connectivity index (χ3v) is 13.7. The molecule has 10 rings (SSSR count). The fourth-order valence-corrected chi connectivity index (χ4v) is 10.3. The smallest absolute Gasteiger partial charge is 0.407 e. The number of carbonyl (C=O) groups is 4. The molecule has 2 aromatic heterocycles. The van der Waals surface area contributed by atoms with Gasteiger partial charge in [0.2, 0.25) is 5.91 Å². The standard InChI is InChI=1S/C50H52N8O7/c1-64-50(63)56-43(31-7-3-2-4-8-31)48(60)58-24-6-10-41(58)46-52-38-20-17-35-27-33(15-18-36(35)44(38)54-46)29-11-13-30(14-12-29)34-16-19-37-39(28-34)53-45(51-37)40-9-5-23-57(40)47(59)42(55-49(61)62)32-21-25-65-26-22-32/h2-4,7-8,11-16,18-19,27-28,32,40-43,55H,5-6,9-10,17,20-26H2,1H3,(H,51,53)(H,52,54)(H,56,63)(H,61,62)/t40-,41-,42-,43+/m0/s1. The minimum Gasteiger partial charge on any atom is -0.465 e. The Balaban J connectivity index is 0.837. The molecule has 3 saturated heterocycles. The number of likely N-dealkylation sites (tertiary alicyclic amines) is 2. The first-order valence-corrected chi connectivity index (χ1v) is 22.6. The van der Waals surface area contributed by atoms with Gasteiger partial charge >= 0.3 is 12.2 Å². The van der Waals surface area contributed by atoms with Crippen molar-refractivity contribution < 1.29 is 33.8 Å². The third kappa shape index (κ3) is 8.32. The number of H-pyrrole nitrogens is 2. The van der Waals surface area contributed by atoms with Crippen molar-refractivity contribution >= 4 is 35.0 Å². The van der Waals surface area contributed by atoms with E-state index in [-0.39, 0.29) is 29.8 Å². The normalized spacial score (nSPS) is 19.3. The molecule has 3 aliphatic heterocycles. The summed E-state index contributed by atoms with van der Waals surface area (Å²) in [5, 5.41) is 14.9. The number of nitrogens with zero attached hydrogens (tertiary/aromatic N) is 4. The van der Waals surface area contributed by atoms with Crippen molar-refractivity contribution in [1.29, 1.82) is 0 Å². The lowest BCUT2D eigenvalue weighted by Gasteiger charge is -2.33. The van der Waals surface area contributed by atoms with E-state index in [4.69, 9.17) is 19.4 Å². The maximum absolute atomic E-state index is 14.1. The predicted octanol–water partition coefficient (Wildman–Crippen LogP) is 7.87. The summed E-state index contributed by atoms with van der Waals surface area (Å²) in [6.45, 7) is 2.15. The molecule has 4 atom stereocenters. The van der Waals surface area contributed by atoms with Crippen LogP contribution in [0.2, 0.25) is 0 Å². The van der Waals surface area contributed by atoms with Gasteiger partial charge in [-0.3, -0.25) is 9.59 Å². The highest BCUT2D eigenvalue weighted by atomic mass is 16.5. The number of hydrogen-bond acceptors (Lipinski definition) is 8. The van der Waals surface area contributed by atoms with E-state index in [1.807, 2.05) is 41.3 Å². The van der Waals surface area contributed by atoms with Crippen LogP contribution >= 0.6 is 0 Å². The van der Waals surface area contributed by atoms with E-state index in [1.54, 1.807) is 4.90 Å². The zero-order chi connectivity index (χ0) is 44.6. The van der Waals surface area contributed by atoms with Crippen molar-refractivity contribution in [2.75, 3.05) is 33.4 Å². The Bertz CT molecular complexity index is 2740. The number of fused-ring (bicyclic) bond motifs is 4. The van der Waals surface area contributed by atoms with Crippen LogP contribution in [0.3, 0.4) is 0 Å². The molecule has 15 heteroatoms. The van der Waals surface area contributed by atoms with Crippen LogP contribution in [-0.2, 0) is 31.9 Å². The lowest BCUT2D eigenvalue weighted by molar-refractivity contribution is -0.137. The second kappa shape index (κ2) is 17.9. The second-order valence-corrected chi connectivity index (χ2v) is 17.5. The zero-order valence-corrected chi connectivity index (χ0v) is 36.2. The van der Waals surface area contributed by atoms with Crippen LogP contribution in [0.4, 0.5) is 9.59 Å². The van der Waals surface area contributed by atoms with Gasteiger partial charge in [-0.25, -0.2) is 19.6 Å². The molecule has 4 amide bonds. The van der Waals surface area contributed by atoms with Crippen LogP contribution in [0.5, 0.6) is 0 Å². The number of hydrogen-bond donors (Lipinski definition) is 5. The van der Waals surface area contributed by atoms with E-state index in [9.17, 15) is 24.3 Å². The zero-order valence-electron chi connectivity index (χ0n) is 36.2. The molecule has 5 N–H and O–H groups in total. The summed E-state index contributed by atoms with van der Waals surface area (Å²) in [4.78, 5) is 72.8. The van der Waals surface area contributed by atoms with Crippen LogP contribution in [-0.4, -0.2) is 98.3 Å². The van der Waals surface area contributed by atoms with Gasteiger partial charge in [0.05, 0.1) is 41.6 Å².